The molecule has 41 heavy (non-hydrogen) atoms. The minimum absolute atomic E-state index is 0.0318. The number of piperidine rings is 1. The van der Waals surface area contributed by atoms with E-state index in [0.29, 0.717) is 29.5 Å². The van der Waals surface area contributed by atoms with Crippen LogP contribution >= 0.6 is 11.6 Å². The van der Waals surface area contributed by atoms with E-state index in [1.54, 1.807) is 26.2 Å². The molecule has 1 N–H and O–H groups in total. The van der Waals surface area contributed by atoms with E-state index in [1.807, 2.05) is 12.1 Å². The Bertz CT molecular complexity index is 1270. The van der Waals surface area contributed by atoms with Crippen LogP contribution in [0.15, 0.2) is 48.5 Å². The summed E-state index contributed by atoms with van der Waals surface area (Å²) in [6, 6.07) is 12.6. The maximum Gasteiger partial charge on any atom is 0.430 e. The molecule has 7 nitrogen and oxygen atoms in total. The molecule has 0 aromatic heterocycles. The highest BCUT2D eigenvalue weighted by Crippen LogP contribution is 2.52. The quantitative estimate of drug-likeness (QED) is 0.558. The molecule has 1 spiro atoms. The summed E-state index contributed by atoms with van der Waals surface area (Å²) >= 11 is 6.41. The van der Waals surface area contributed by atoms with Crippen LogP contribution in [-0.4, -0.2) is 97.2 Å². The van der Waals surface area contributed by atoms with Gasteiger partial charge in [-0.25, -0.2) is 0 Å². The third kappa shape index (κ3) is 5.53. The van der Waals surface area contributed by atoms with Gasteiger partial charge in [-0.3, -0.25) is 14.5 Å². The van der Waals surface area contributed by atoms with E-state index in [1.165, 1.54) is 21.9 Å². The lowest BCUT2D eigenvalue weighted by molar-refractivity contribution is -0.262. The molecule has 2 heterocycles. The molecule has 3 fully saturated rings. The number of amides is 2. The monoisotopic (exact) mass is 592 g/mol. The molecule has 2 amide bonds. The zero-order valence-electron chi connectivity index (χ0n) is 23.3. The molecule has 2 aliphatic heterocycles. The Labute approximate surface area is 243 Å². The summed E-state index contributed by atoms with van der Waals surface area (Å²) in [6.07, 6.45) is -1.93. The smallest absolute Gasteiger partial charge is 0.369 e. The van der Waals surface area contributed by atoms with E-state index in [9.17, 15) is 27.9 Å². The van der Waals surface area contributed by atoms with E-state index in [-0.39, 0.29) is 24.4 Å². The minimum atomic E-state index is -5.12. The molecule has 1 unspecified atom stereocenters. The molecule has 222 valence electrons. The van der Waals surface area contributed by atoms with Gasteiger partial charge in [-0.2, -0.15) is 13.2 Å². The average molecular weight is 593 g/mol. The number of anilines is 1. The Morgan fingerprint density at radius 1 is 0.951 bits per heavy atom. The molecule has 2 aromatic carbocycles. The van der Waals surface area contributed by atoms with Crippen molar-refractivity contribution in [2.45, 2.75) is 43.5 Å². The predicted octanol–water partition coefficient (Wildman–Crippen LogP) is 4.39. The first kappa shape index (κ1) is 29.7. The molecule has 1 atom stereocenters. The largest absolute Gasteiger partial charge is 0.430 e. The van der Waals surface area contributed by atoms with Gasteiger partial charge in [-0.05, 0) is 49.3 Å². The van der Waals surface area contributed by atoms with Crippen molar-refractivity contribution in [1.82, 2.24) is 14.7 Å². The topological polar surface area (TPSA) is 67.3 Å². The highest BCUT2D eigenvalue weighted by molar-refractivity contribution is 6.34. The van der Waals surface area contributed by atoms with Gasteiger partial charge in [0.15, 0.2) is 0 Å². The molecule has 2 saturated heterocycles. The number of hydrogen-bond donors (Lipinski definition) is 1. The van der Waals surface area contributed by atoms with Crippen molar-refractivity contribution in [3.8, 4) is 0 Å². The van der Waals surface area contributed by atoms with Crippen molar-refractivity contribution in [2.75, 3.05) is 58.3 Å². The molecule has 0 radical (unpaired) electrons. The maximum atomic E-state index is 14.0. The fourth-order valence-corrected chi connectivity index (χ4v) is 6.82. The number of alkyl halides is 3. The molecular formula is C30H36ClF3N4O3. The lowest BCUT2D eigenvalue weighted by Gasteiger charge is -2.56. The van der Waals surface area contributed by atoms with E-state index in [0.717, 1.165) is 56.8 Å². The number of carbonyl (C=O) groups is 2. The second kappa shape index (κ2) is 11.1. The zero-order chi connectivity index (χ0) is 29.6. The van der Waals surface area contributed by atoms with Gasteiger partial charge in [0.1, 0.15) is 0 Å². The van der Waals surface area contributed by atoms with Gasteiger partial charge in [-0.1, -0.05) is 41.9 Å². The fourth-order valence-electron chi connectivity index (χ4n) is 6.57. The minimum Gasteiger partial charge on any atom is -0.369 e. The Kier molecular flexibility index (Phi) is 8.04. The van der Waals surface area contributed by atoms with Crippen molar-refractivity contribution in [3.05, 3.63) is 64.7 Å². The molecule has 3 aliphatic rings. The lowest BCUT2D eigenvalue weighted by atomic mass is 9.60. The third-order valence-corrected chi connectivity index (χ3v) is 9.46. The third-order valence-electron chi connectivity index (χ3n) is 9.14. The summed E-state index contributed by atoms with van der Waals surface area (Å²) in [6.45, 7) is 3.85. The van der Waals surface area contributed by atoms with Gasteiger partial charge in [0.2, 0.25) is 0 Å². The number of halogens is 4. The normalized spacial score (nSPS) is 21.3. The van der Waals surface area contributed by atoms with Crippen LogP contribution in [0.4, 0.5) is 18.9 Å². The highest BCUT2D eigenvalue weighted by Gasteiger charge is 2.62. The number of benzene rings is 2. The molecule has 0 bridgehead atoms. The van der Waals surface area contributed by atoms with Crippen LogP contribution < -0.4 is 4.90 Å². The number of piperazine rings is 1. The van der Waals surface area contributed by atoms with Crippen LogP contribution in [0.25, 0.3) is 0 Å². The Hall–Kier alpha value is -2.82. The van der Waals surface area contributed by atoms with Gasteiger partial charge < -0.3 is 19.8 Å². The van der Waals surface area contributed by atoms with E-state index in [2.05, 4.69) is 9.80 Å². The second-order valence-electron chi connectivity index (χ2n) is 11.8. The number of likely N-dealkylation sites (tertiary alicyclic amines) is 1. The van der Waals surface area contributed by atoms with Gasteiger partial charge in [0.25, 0.3) is 17.4 Å². The fraction of sp³-hybridized carbons (Fsp3) is 0.533. The van der Waals surface area contributed by atoms with Crippen molar-refractivity contribution < 1.29 is 27.9 Å². The van der Waals surface area contributed by atoms with Crippen molar-refractivity contribution in [2.24, 2.45) is 5.41 Å². The summed E-state index contributed by atoms with van der Waals surface area (Å²) in [4.78, 5) is 32.8. The van der Waals surface area contributed by atoms with Crippen molar-refractivity contribution >= 4 is 29.1 Å². The highest BCUT2D eigenvalue weighted by atomic mass is 35.5. The van der Waals surface area contributed by atoms with Crippen LogP contribution in [0.5, 0.6) is 0 Å². The molecule has 11 heteroatoms. The molecule has 2 aromatic rings. The second-order valence-corrected chi connectivity index (χ2v) is 12.2. The van der Waals surface area contributed by atoms with E-state index < -0.39 is 23.2 Å². The maximum absolute atomic E-state index is 14.0. The van der Waals surface area contributed by atoms with Crippen molar-refractivity contribution in [3.63, 3.8) is 0 Å². The number of carbonyl (C=O) groups excluding carboxylic acids is 2. The molecule has 1 saturated carbocycles. The molecule has 5 rings (SSSR count). The van der Waals surface area contributed by atoms with Crippen LogP contribution in [-0.2, 0) is 10.4 Å². The first-order valence-corrected chi connectivity index (χ1v) is 14.4. The first-order valence-electron chi connectivity index (χ1n) is 14.0. The van der Waals surface area contributed by atoms with Gasteiger partial charge >= 0.3 is 6.18 Å². The summed E-state index contributed by atoms with van der Waals surface area (Å²) in [5.74, 6) is -1.43. The number of hydrogen-bond acceptors (Lipinski definition) is 5. The van der Waals surface area contributed by atoms with E-state index >= 15 is 0 Å². The SMILES string of the molecule is CN(C)C(=O)c1ccc(N2CCN(C3CC4(CCN(C(=O)C(O)(c5ccccc5)C(F)(F)F)CC4)C3)CC2)cc1Cl. The number of aliphatic hydroxyl groups is 1. The van der Waals surface area contributed by atoms with Gasteiger partial charge in [-0.15, -0.1) is 0 Å². The lowest BCUT2D eigenvalue weighted by Crippen LogP contribution is -2.61. The van der Waals surface area contributed by atoms with Gasteiger partial charge in [0, 0.05) is 70.7 Å². The van der Waals surface area contributed by atoms with Crippen LogP contribution in [0.3, 0.4) is 0 Å². The molecule has 1 aliphatic carbocycles. The van der Waals surface area contributed by atoms with E-state index in [4.69, 9.17) is 11.6 Å². The summed E-state index contributed by atoms with van der Waals surface area (Å²) in [5, 5.41) is 11.1. The Balaban J connectivity index is 1.13. The standard InChI is InChI=1S/C30H36ClF3N4O3/c1-35(2)26(39)24-9-8-22(18-25(24)31)36-14-16-37(17-15-36)23-19-28(20-23)10-12-38(13-11-28)27(40)29(41,30(32,33)34)21-6-4-3-5-7-21/h3-9,18,23,41H,10-17,19-20H2,1-2H3. The first-order chi connectivity index (χ1) is 19.3. The summed E-state index contributed by atoms with van der Waals surface area (Å²) in [5.41, 5.74) is -2.51. The predicted molar refractivity (Wildman–Crippen MR) is 151 cm³/mol. The summed E-state index contributed by atoms with van der Waals surface area (Å²) in [7, 11) is 3.39. The molecular weight excluding hydrogens is 557 g/mol. The Morgan fingerprint density at radius 2 is 1.56 bits per heavy atom. The number of nitrogens with zero attached hydrogens (tertiary/aromatic N) is 4. The van der Waals surface area contributed by atoms with Crippen LogP contribution in [0.2, 0.25) is 5.02 Å². The van der Waals surface area contributed by atoms with Crippen LogP contribution in [0.1, 0.15) is 41.6 Å². The average Bonchev–Trinajstić information content (AvgIpc) is 2.94. The Morgan fingerprint density at radius 3 is 2.10 bits per heavy atom. The summed E-state index contributed by atoms with van der Waals surface area (Å²) < 4.78 is 42.0. The van der Waals surface area contributed by atoms with Crippen molar-refractivity contribution in [1.29, 1.82) is 0 Å². The number of rotatable bonds is 5. The van der Waals surface area contributed by atoms with Gasteiger partial charge in [0.05, 0.1) is 10.6 Å². The van der Waals surface area contributed by atoms with Crippen LogP contribution in [0, 0.1) is 5.41 Å². The zero-order valence-corrected chi connectivity index (χ0v) is 24.1.